The van der Waals surface area contributed by atoms with E-state index in [1.165, 1.54) is 6.42 Å². The predicted molar refractivity (Wildman–Crippen MR) is 108 cm³/mol. The van der Waals surface area contributed by atoms with Crippen molar-refractivity contribution in [2.24, 2.45) is 11.8 Å². The smallest absolute Gasteiger partial charge is 0.271 e. The maximum atomic E-state index is 12.6. The summed E-state index contributed by atoms with van der Waals surface area (Å²) in [5, 5.41) is 6.67. The SMILES string of the molecule is O=C(CCc1ncc[nH]1)N1CCC(C2CCCN(C(=O)c3ccn[nH]3)CC2)CC1. The standard InChI is InChI=1S/C21H30N6O2/c28-20(4-3-19-22-10-11-23-19)26-13-6-17(7-14-26)16-2-1-12-27(15-8-16)21(29)18-5-9-24-25-18/h5,9-11,16-17H,1-4,6-8,12-15H2,(H,22,23)(H,24,25). The Labute approximate surface area is 171 Å². The molecule has 0 aliphatic carbocycles. The van der Waals surface area contributed by atoms with Gasteiger partial charge in [-0.2, -0.15) is 5.10 Å². The number of rotatable bonds is 5. The Morgan fingerprint density at radius 1 is 1.00 bits per heavy atom. The number of H-pyrrole nitrogens is 2. The van der Waals surface area contributed by atoms with Crippen LogP contribution in [-0.2, 0) is 11.2 Å². The van der Waals surface area contributed by atoms with E-state index >= 15 is 0 Å². The average molecular weight is 399 g/mol. The van der Waals surface area contributed by atoms with Crippen molar-refractivity contribution in [3.05, 3.63) is 36.2 Å². The second kappa shape index (κ2) is 9.24. The fraction of sp³-hybridized carbons (Fsp3) is 0.619. The summed E-state index contributed by atoms with van der Waals surface area (Å²) in [6.07, 6.45) is 11.8. The molecule has 4 rings (SSSR count). The van der Waals surface area contributed by atoms with E-state index in [0.717, 1.165) is 57.7 Å². The Bertz CT molecular complexity index is 780. The van der Waals surface area contributed by atoms with Gasteiger partial charge in [0.25, 0.3) is 5.91 Å². The maximum Gasteiger partial charge on any atom is 0.271 e. The number of aryl methyl sites for hydroxylation is 1. The Hall–Kier alpha value is -2.64. The van der Waals surface area contributed by atoms with Gasteiger partial charge in [-0.25, -0.2) is 4.98 Å². The molecule has 8 nitrogen and oxygen atoms in total. The summed E-state index contributed by atoms with van der Waals surface area (Å²) in [7, 11) is 0. The second-order valence-electron chi connectivity index (χ2n) is 8.21. The summed E-state index contributed by atoms with van der Waals surface area (Å²) in [6, 6.07) is 1.74. The predicted octanol–water partition coefficient (Wildman–Crippen LogP) is 2.25. The quantitative estimate of drug-likeness (QED) is 0.807. The van der Waals surface area contributed by atoms with Crippen LogP contribution in [0.3, 0.4) is 0 Å². The lowest BCUT2D eigenvalue weighted by Gasteiger charge is -2.36. The molecular weight excluding hydrogens is 368 g/mol. The molecule has 1 atom stereocenters. The number of aromatic amines is 2. The van der Waals surface area contributed by atoms with Crippen LogP contribution in [-0.4, -0.2) is 68.0 Å². The zero-order valence-corrected chi connectivity index (χ0v) is 16.8. The molecule has 4 heterocycles. The summed E-state index contributed by atoms with van der Waals surface area (Å²) < 4.78 is 0. The number of aromatic nitrogens is 4. The molecule has 2 saturated heterocycles. The van der Waals surface area contributed by atoms with E-state index in [0.29, 0.717) is 30.4 Å². The molecule has 1 unspecified atom stereocenters. The first-order valence-electron chi connectivity index (χ1n) is 10.8. The zero-order valence-electron chi connectivity index (χ0n) is 16.8. The molecule has 2 aliphatic rings. The van der Waals surface area contributed by atoms with E-state index in [4.69, 9.17) is 0 Å². The van der Waals surface area contributed by atoms with E-state index in [1.807, 2.05) is 9.80 Å². The normalized spacial score (nSPS) is 21.2. The van der Waals surface area contributed by atoms with Crippen LogP contribution in [0.25, 0.3) is 0 Å². The van der Waals surface area contributed by atoms with Gasteiger partial charge >= 0.3 is 0 Å². The van der Waals surface area contributed by atoms with Crippen molar-refractivity contribution in [1.82, 2.24) is 30.0 Å². The van der Waals surface area contributed by atoms with Crippen LogP contribution >= 0.6 is 0 Å². The van der Waals surface area contributed by atoms with Crippen LogP contribution in [0.1, 0.15) is 54.8 Å². The summed E-state index contributed by atoms with van der Waals surface area (Å²) in [5.41, 5.74) is 0.574. The molecule has 2 amide bonds. The van der Waals surface area contributed by atoms with E-state index in [9.17, 15) is 9.59 Å². The number of imidazole rings is 1. The highest BCUT2D eigenvalue weighted by Crippen LogP contribution is 2.33. The number of likely N-dealkylation sites (tertiary alicyclic amines) is 2. The molecule has 0 saturated carbocycles. The number of hydrogen-bond acceptors (Lipinski definition) is 4. The van der Waals surface area contributed by atoms with Crippen LogP contribution in [0.2, 0.25) is 0 Å². The molecule has 8 heteroatoms. The zero-order chi connectivity index (χ0) is 20.1. The molecule has 2 aromatic rings. The number of piperidine rings is 1. The first-order chi connectivity index (χ1) is 14.2. The topological polar surface area (TPSA) is 98.0 Å². The maximum absolute atomic E-state index is 12.6. The van der Waals surface area contributed by atoms with Crippen LogP contribution in [0.5, 0.6) is 0 Å². The summed E-state index contributed by atoms with van der Waals surface area (Å²) >= 11 is 0. The first kappa shape index (κ1) is 19.7. The number of amides is 2. The van der Waals surface area contributed by atoms with Gasteiger partial charge in [-0.15, -0.1) is 0 Å². The molecule has 2 N–H and O–H groups in total. The summed E-state index contributed by atoms with van der Waals surface area (Å²) in [4.78, 5) is 36.3. The Kier molecular flexibility index (Phi) is 6.27. The van der Waals surface area contributed by atoms with Gasteiger partial charge in [-0.3, -0.25) is 14.7 Å². The fourth-order valence-electron chi connectivity index (χ4n) is 4.78. The Morgan fingerprint density at radius 2 is 1.76 bits per heavy atom. The van der Waals surface area contributed by atoms with Gasteiger partial charge in [0, 0.05) is 57.6 Å². The number of carbonyl (C=O) groups excluding carboxylic acids is 2. The van der Waals surface area contributed by atoms with E-state index in [1.54, 1.807) is 24.7 Å². The minimum atomic E-state index is 0.0557. The third-order valence-electron chi connectivity index (χ3n) is 6.48. The van der Waals surface area contributed by atoms with E-state index in [-0.39, 0.29) is 11.8 Å². The van der Waals surface area contributed by atoms with Crippen LogP contribution in [0.4, 0.5) is 0 Å². The van der Waals surface area contributed by atoms with E-state index < -0.39 is 0 Å². The number of carbonyl (C=O) groups is 2. The van der Waals surface area contributed by atoms with Crippen LogP contribution in [0, 0.1) is 11.8 Å². The molecule has 0 bridgehead atoms. The van der Waals surface area contributed by atoms with Crippen molar-refractivity contribution in [3.8, 4) is 0 Å². The molecule has 156 valence electrons. The molecule has 0 aromatic carbocycles. The van der Waals surface area contributed by atoms with Crippen molar-refractivity contribution < 1.29 is 9.59 Å². The van der Waals surface area contributed by atoms with Crippen molar-refractivity contribution in [1.29, 1.82) is 0 Å². The largest absolute Gasteiger partial charge is 0.349 e. The lowest BCUT2D eigenvalue weighted by Crippen LogP contribution is -2.40. The molecule has 2 aromatic heterocycles. The van der Waals surface area contributed by atoms with Crippen molar-refractivity contribution in [2.75, 3.05) is 26.2 Å². The van der Waals surface area contributed by atoms with Gasteiger partial charge in [-0.05, 0) is 50.0 Å². The highest BCUT2D eigenvalue weighted by Gasteiger charge is 2.30. The fourth-order valence-corrected chi connectivity index (χ4v) is 4.78. The van der Waals surface area contributed by atoms with Gasteiger partial charge in [0.05, 0.1) is 0 Å². The first-order valence-corrected chi connectivity index (χ1v) is 10.8. The molecule has 0 spiro atoms. The van der Waals surface area contributed by atoms with Crippen LogP contribution in [0.15, 0.2) is 24.7 Å². The minimum absolute atomic E-state index is 0.0557. The molecule has 0 radical (unpaired) electrons. The average Bonchev–Trinajstić information content (AvgIpc) is 3.42. The van der Waals surface area contributed by atoms with Gasteiger partial charge < -0.3 is 14.8 Å². The molecule has 2 aliphatic heterocycles. The number of nitrogens with one attached hydrogen (secondary N) is 2. The Morgan fingerprint density at radius 3 is 2.45 bits per heavy atom. The van der Waals surface area contributed by atoms with Gasteiger partial charge in [-0.1, -0.05) is 0 Å². The molecule has 2 fully saturated rings. The third kappa shape index (κ3) is 4.86. The number of hydrogen-bond donors (Lipinski definition) is 2. The van der Waals surface area contributed by atoms with Gasteiger partial charge in [0.2, 0.25) is 5.91 Å². The second-order valence-corrected chi connectivity index (χ2v) is 8.21. The van der Waals surface area contributed by atoms with Gasteiger partial charge in [0.15, 0.2) is 0 Å². The monoisotopic (exact) mass is 398 g/mol. The summed E-state index contributed by atoms with van der Waals surface area (Å²) in [6.45, 7) is 3.34. The van der Waals surface area contributed by atoms with E-state index in [2.05, 4.69) is 20.2 Å². The minimum Gasteiger partial charge on any atom is -0.349 e. The molecule has 29 heavy (non-hydrogen) atoms. The van der Waals surface area contributed by atoms with Crippen LogP contribution < -0.4 is 0 Å². The molecular formula is C21H30N6O2. The Balaban J connectivity index is 1.22. The number of nitrogens with zero attached hydrogens (tertiary/aromatic N) is 4. The van der Waals surface area contributed by atoms with Crippen molar-refractivity contribution in [2.45, 2.75) is 44.9 Å². The lowest BCUT2D eigenvalue weighted by molar-refractivity contribution is -0.132. The van der Waals surface area contributed by atoms with Crippen molar-refractivity contribution in [3.63, 3.8) is 0 Å². The third-order valence-corrected chi connectivity index (χ3v) is 6.48. The summed E-state index contributed by atoms with van der Waals surface area (Å²) in [5.74, 6) is 2.47. The lowest BCUT2D eigenvalue weighted by atomic mass is 9.80. The highest BCUT2D eigenvalue weighted by molar-refractivity contribution is 5.92. The van der Waals surface area contributed by atoms with Crippen molar-refractivity contribution >= 4 is 11.8 Å². The highest BCUT2D eigenvalue weighted by atomic mass is 16.2. The van der Waals surface area contributed by atoms with Gasteiger partial charge in [0.1, 0.15) is 11.5 Å².